The van der Waals surface area contributed by atoms with E-state index in [1.54, 1.807) is 0 Å². The summed E-state index contributed by atoms with van der Waals surface area (Å²) >= 11 is 0. The van der Waals surface area contributed by atoms with Crippen molar-refractivity contribution in [3.63, 3.8) is 0 Å². The normalized spacial score (nSPS) is 11.7. The van der Waals surface area contributed by atoms with Crippen molar-refractivity contribution in [3.05, 3.63) is 105 Å². The minimum atomic E-state index is -2.45. The Morgan fingerprint density at radius 3 is 0.978 bits per heavy atom. The van der Waals surface area contributed by atoms with Gasteiger partial charge in [-0.3, -0.25) is 0 Å². The van der Waals surface area contributed by atoms with Gasteiger partial charge in [-0.05, 0) is 38.4 Å². The first kappa shape index (κ1) is 34.4. The lowest BCUT2D eigenvalue weighted by Crippen LogP contribution is -2.30. The van der Waals surface area contributed by atoms with Gasteiger partial charge in [0, 0.05) is 48.4 Å². The maximum Gasteiger partial charge on any atom is 0.200 e. The second-order valence-corrected chi connectivity index (χ2v) is 10.3. The van der Waals surface area contributed by atoms with Gasteiger partial charge in [-0.1, -0.05) is 0 Å². The number of phenolic OH excluding ortho intramolecular Hbond substituents is 2. The van der Waals surface area contributed by atoms with Crippen LogP contribution in [0.5, 0.6) is 11.5 Å². The lowest BCUT2D eigenvalue weighted by molar-refractivity contribution is 0.243. The first-order valence-corrected chi connectivity index (χ1v) is 12.9. The Balaban J connectivity index is 1.53. The molecule has 0 aromatic heterocycles. The molecule has 4 aromatic rings. The second kappa shape index (κ2) is 13.1. The van der Waals surface area contributed by atoms with Crippen LogP contribution < -0.4 is 0 Å². The molecule has 0 aliphatic rings. The summed E-state index contributed by atoms with van der Waals surface area (Å²) in [7, 11) is 2.86. The van der Waals surface area contributed by atoms with Gasteiger partial charge in [0.1, 0.15) is 23.1 Å². The highest BCUT2D eigenvalue weighted by atomic mass is 19.2. The van der Waals surface area contributed by atoms with Crippen molar-refractivity contribution < 1.29 is 62.9 Å². The third-order valence-corrected chi connectivity index (χ3v) is 7.01. The summed E-state index contributed by atoms with van der Waals surface area (Å²) in [6.45, 7) is -0.610. The Labute approximate surface area is 252 Å². The zero-order chi connectivity index (χ0) is 34.4. The molecule has 246 valence electrons. The number of hydrogen-bond acceptors (Lipinski definition) is 4. The molecule has 0 spiro atoms. The highest BCUT2D eigenvalue weighted by Crippen LogP contribution is 2.40. The summed E-state index contributed by atoms with van der Waals surface area (Å²) in [5.41, 5.74) is -5.70. The average molecular weight is 668 g/mol. The van der Waals surface area contributed by atoms with Crippen LogP contribution in [0.4, 0.5) is 52.7 Å². The summed E-state index contributed by atoms with van der Waals surface area (Å²) in [4.78, 5) is 2.83. The van der Waals surface area contributed by atoms with E-state index in [-0.39, 0.29) is 37.3 Å². The van der Waals surface area contributed by atoms with Crippen LogP contribution in [-0.2, 0) is 13.1 Å². The van der Waals surface area contributed by atoms with E-state index in [0.29, 0.717) is 12.1 Å². The molecule has 0 heterocycles. The van der Waals surface area contributed by atoms with Crippen molar-refractivity contribution in [2.45, 2.75) is 13.1 Å². The molecular formula is C30H20F12N2O2. The van der Waals surface area contributed by atoms with Gasteiger partial charge in [-0.2, -0.15) is 0 Å². The number of likely N-dealkylation sites (N-methyl/N-ethyl adjacent to an activating group) is 2. The molecule has 0 unspecified atom stereocenters. The molecule has 0 aliphatic heterocycles. The summed E-state index contributed by atoms with van der Waals surface area (Å²) in [6, 6.07) is 2.29. The van der Waals surface area contributed by atoms with Crippen molar-refractivity contribution in [2.75, 3.05) is 27.2 Å². The smallest absolute Gasteiger partial charge is 0.200 e. The van der Waals surface area contributed by atoms with Gasteiger partial charge in [0.05, 0.1) is 11.1 Å². The van der Waals surface area contributed by atoms with E-state index in [2.05, 4.69) is 0 Å². The standard InChI is InChI=1S/C30H20F12N2O2/c1-43(9-11-5-13(31)7-15(29(11)45)17-19(33)23(37)27(41)24(38)20(17)34)3-4-44(2)10-12-6-14(32)8-16(30(12)46)18-21(35)25(39)28(42)26(40)22(18)36/h5-8,45-46H,3-4,9-10H2,1-2H3. The van der Waals surface area contributed by atoms with Crippen LogP contribution in [0.1, 0.15) is 11.1 Å². The molecule has 0 saturated carbocycles. The summed E-state index contributed by atoms with van der Waals surface area (Å²) in [5.74, 6) is -27.6. The van der Waals surface area contributed by atoms with Crippen molar-refractivity contribution in [1.29, 1.82) is 0 Å². The molecule has 0 saturated heterocycles. The Morgan fingerprint density at radius 1 is 0.435 bits per heavy atom. The van der Waals surface area contributed by atoms with E-state index in [4.69, 9.17) is 0 Å². The van der Waals surface area contributed by atoms with Gasteiger partial charge in [0.25, 0.3) is 0 Å². The van der Waals surface area contributed by atoms with Crippen molar-refractivity contribution in [2.24, 2.45) is 0 Å². The molecule has 0 radical (unpaired) electrons. The lowest BCUT2D eigenvalue weighted by atomic mass is 9.98. The minimum absolute atomic E-state index is 0.0326. The van der Waals surface area contributed by atoms with E-state index < -0.39 is 104 Å². The van der Waals surface area contributed by atoms with Crippen LogP contribution in [-0.4, -0.2) is 47.2 Å². The molecule has 0 amide bonds. The van der Waals surface area contributed by atoms with Crippen LogP contribution in [0.25, 0.3) is 22.3 Å². The zero-order valence-electron chi connectivity index (χ0n) is 23.5. The number of halogens is 12. The Morgan fingerprint density at radius 2 is 0.696 bits per heavy atom. The van der Waals surface area contributed by atoms with Crippen molar-refractivity contribution >= 4 is 0 Å². The molecule has 4 aromatic carbocycles. The Hall–Kier alpha value is -4.44. The molecular weight excluding hydrogens is 648 g/mol. The number of nitrogens with zero attached hydrogens (tertiary/aromatic N) is 2. The van der Waals surface area contributed by atoms with Gasteiger partial charge in [-0.15, -0.1) is 0 Å². The lowest BCUT2D eigenvalue weighted by Gasteiger charge is -2.24. The van der Waals surface area contributed by atoms with E-state index in [0.717, 1.165) is 12.1 Å². The van der Waals surface area contributed by atoms with Gasteiger partial charge < -0.3 is 20.0 Å². The molecule has 46 heavy (non-hydrogen) atoms. The fourth-order valence-electron chi connectivity index (χ4n) is 4.70. The number of benzene rings is 4. The molecule has 4 nitrogen and oxygen atoms in total. The first-order valence-electron chi connectivity index (χ1n) is 12.9. The van der Waals surface area contributed by atoms with Crippen LogP contribution in [0.15, 0.2) is 24.3 Å². The number of aromatic hydroxyl groups is 2. The molecule has 0 atom stereocenters. The molecule has 2 N–H and O–H groups in total. The molecule has 16 heteroatoms. The summed E-state index contributed by atoms with van der Waals surface area (Å²) in [6.07, 6.45) is 0. The van der Waals surface area contributed by atoms with Gasteiger partial charge in [-0.25, -0.2) is 52.7 Å². The SMILES string of the molecule is CN(CCN(C)Cc1cc(F)cc(-c2c(F)c(F)c(F)c(F)c2F)c1O)Cc1cc(F)cc(-c2c(F)c(F)c(F)c(F)c2F)c1O. The number of rotatable bonds is 9. The highest BCUT2D eigenvalue weighted by molar-refractivity contribution is 5.74. The topological polar surface area (TPSA) is 46.9 Å². The van der Waals surface area contributed by atoms with Crippen LogP contribution in [0.2, 0.25) is 0 Å². The Bertz CT molecular complexity index is 1660. The third-order valence-electron chi connectivity index (χ3n) is 7.01. The predicted molar refractivity (Wildman–Crippen MR) is 139 cm³/mol. The molecule has 4 rings (SSSR count). The molecule has 0 fully saturated rings. The maximum atomic E-state index is 14.4. The number of phenols is 2. The maximum absolute atomic E-state index is 14.4. The zero-order valence-corrected chi connectivity index (χ0v) is 23.5. The van der Waals surface area contributed by atoms with Crippen LogP contribution >= 0.6 is 0 Å². The van der Waals surface area contributed by atoms with Crippen molar-refractivity contribution in [3.8, 4) is 33.8 Å². The van der Waals surface area contributed by atoms with E-state index in [1.165, 1.54) is 23.9 Å². The Kier molecular flexibility index (Phi) is 9.82. The van der Waals surface area contributed by atoms with Gasteiger partial charge in [0.15, 0.2) is 46.5 Å². The van der Waals surface area contributed by atoms with Crippen LogP contribution in [0, 0.1) is 69.8 Å². The van der Waals surface area contributed by atoms with Gasteiger partial charge >= 0.3 is 0 Å². The average Bonchev–Trinajstić information content (AvgIpc) is 3.00. The second-order valence-electron chi connectivity index (χ2n) is 10.3. The highest BCUT2D eigenvalue weighted by Gasteiger charge is 2.31. The van der Waals surface area contributed by atoms with Crippen LogP contribution in [0.3, 0.4) is 0 Å². The fraction of sp³-hybridized carbons (Fsp3) is 0.200. The van der Waals surface area contributed by atoms with Crippen molar-refractivity contribution in [1.82, 2.24) is 9.80 Å². The minimum Gasteiger partial charge on any atom is -0.507 e. The number of hydrogen-bond donors (Lipinski definition) is 2. The molecule has 0 bridgehead atoms. The van der Waals surface area contributed by atoms with Gasteiger partial charge in [0.2, 0.25) is 11.6 Å². The monoisotopic (exact) mass is 668 g/mol. The fourth-order valence-corrected chi connectivity index (χ4v) is 4.70. The summed E-state index contributed by atoms with van der Waals surface area (Å²) in [5, 5.41) is 21.2. The molecule has 0 aliphatic carbocycles. The quantitative estimate of drug-likeness (QED) is 0.109. The summed E-state index contributed by atoms with van der Waals surface area (Å²) < 4.78 is 168. The van der Waals surface area contributed by atoms with E-state index in [1.807, 2.05) is 0 Å². The third kappa shape index (κ3) is 6.31. The van der Waals surface area contributed by atoms with E-state index >= 15 is 0 Å². The predicted octanol–water partition coefficient (Wildman–Crippen LogP) is 7.66. The van der Waals surface area contributed by atoms with E-state index in [9.17, 15) is 62.9 Å². The first-order chi connectivity index (χ1) is 21.5. The largest absolute Gasteiger partial charge is 0.507 e.